The van der Waals surface area contributed by atoms with Gasteiger partial charge in [-0.25, -0.2) is 19.7 Å². The Bertz CT molecular complexity index is 1490. The van der Waals surface area contributed by atoms with Crippen molar-refractivity contribution in [3.05, 3.63) is 36.2 Å². The van der Waals surface area contributed by atoms with Crippen molar-refractivity contribution in [1.29, 1.82) is 0 Å². The van der Waals surface area contributed by atoms with Gasteiger partial charge < -0.3 is 19.3 Å². The first-order chi connectivity index (χ1) is 17.5. The summed E-state index contributed by atoms with van der Waals surface area (Å²) < 4.78 is 13.1. The van der Waals surface area contributed by atoms with Gasteiger partial charge in [0.2, 0.25) is 0 Å². The average molecular weight is 504 g/mol. The lowest BCUT2D eigenvalue weighted by Crippen LogP contribution is -2.42. The molecular weight excluding hydrogens is 470 g/mol. The smallest absolute Gasteiger partial charge is 0.410 e. The zero-order valence-corrected chi connectivity index (χ0v) is 22.4. The molecule has 1 saturated heterocycles. The third kappa shape index (κ3) is 4.75. The number of methoxy groups -OCH3 is 1. The summed E-state index contributed by atoms with van der Waals surface area (Å²) in [4.78, 5) is 30.6. The Kier molecular flexibility index (Phi) is 6.13. The maximum Gasteiger partial charge on any atom is 0.410 e. The highest BCUT2D eigenvalue weighted by atomic mass is 16.6. The number of nitrogens with zero attached hydrogens (tertiary/aromatic N) is 7. The van der Waals surface area contributed by atoms with Crippen molar-refractivity contribution >= 4 is 33.8 Å². The van der Waals surface area contributed by atoms with Gasteiger partial charge in [0.15, 0.2) is 5.82 Å². The molecule has 1 aliphatic heterocycles. The molecule has 0 spiro atoms. The summed E-state index contributed by atoms with van der Waals surface area (Å²) in [5, 5.41) is 5.55. The van der Waals surface area contributed by atoms with Crippen LogP contribution in [-0.2, 0) is 11.8 Å². The Hall–Kier alpha value is -3.95. The van der Waals surface area contributed by atoms with Gasteiger partial charge in [-0.2, -0.15) is 5.10 Å². The van der Waals surface area contributed by atoms with Crippen LogP contribution in [0.2, 0.25) is 0 Å². The molecule has 0 unspecified atom stereocenters. The van der Waals surface area contributed by atoms with Crippen molar-refractivity contribution in [3.63, 3.8) is 0 Å². The number of amides is 1. The number of aryl methyl sites for hydroxylation is 2. The Morgan fingerprint density at radius 2 is 1.97 bits per heavy atom. The largest absolute Gasteiger partial charge is 0.496 e. The van der Waals surface area contributed by atoms with Crippen LogP contribution in [0.15, 0.2) is 30.6 Å². The molecule has 37 heavy (non-hydrogen) atoms. The van der Waals surface area contributed by atoms with E-state index in [9.17, 15) is 4.79 Å². The van der Waals surface area contributed by atoms with E-state index in [4.69, 9.17) is 19.4 Å². The quantitative estimate of drug-likeness (QED) is 0.406. The minimum atomic E-state index is -0.519. The molecule has 194 valence electrons. The molecule has 0 bridgehead atoms. The van der Waals surface area contributed by atoms with Crippen LogP contribution in [0.25, 0.3) is 33.3 Å². The van der Waals surface area contributed by atoms with E-state index < -0.39 is 5.60 Å². The molecule has 1 amide bonds. The molecule has 4 heterocycles. The molecule has 1 fully saturated rings. The summed E-state index contributed by atoms with van der Waals surface area (Å²) >= 11 is 0. The first-order valence-corrected chi connectivity index (χ1v) is 12.4. The van der Waals surface area contributed by atoms with Crippen molar-refractivity contribution in [2.75, 3.05) is 32.1 Å². The van der Waals surface area contributed by atoms with E-state index in [-0.39, 0.29) is 12.1 Å². The first kappa shape index (κ1) is 24.7. The number of anilines is 1. The van der Waals surface area contributed by atoms with Crippen LogP contribution in [0.5, 0.6) is 5.75 Å². The molecule has 1 atom stereocenters. The molecule has 10 nitrogen and oxygen atoms in total. The summed E-state index contributed by atoms with van der Waals surface area (Å²) in [6.45, 7) is 9.11. The summed E-state index contributed by atoms with van der Waals surface area (Å²) in [5.74, 6) is 2.13. The van der Waals surface area contributed by atoms with Crippen LogP contribution < -0.4 is 9.64 Å². The maximum atomic E-state index is 12.5. The van der Waals surface area contributed by atoms with Crippen molar-refractivity contribution in [3.8, 4) is 17.1 Å². The summed E-state index contributed by atoms with van der Waals surface area (Å²) in [6.07, 6.45) is 4.27. The fourth-order valence-corrected chi connectivity index (χ4v) is 4.83. The number of carbonyl (C=O) groups excluding carboxylic acids is 1. The number of likely N-dealkylation sites (N-methyl/N-ethyl adjacent to an activating group) is 1. The number of ether oxygens (including phenoxy) is 2. The van der Waals surface area contributed by atoms with Crippen molar-refractivity contribution in [2.45, 2.75) is 45.8 Å². The number of rotatable bonds is 4. The van der Waals surface area contributed by atoms with Crippen LogP contribution in [0.3, 0.4) is 0 Å². The van der Waals surface area contributed by atoms with Crippen molar-refractivity contribution in [2.24, 2.45) is 7.05 Å². The van der Waals surface area contributed by atoms with Gasteiger partial charge in [-0.1, -0.05) is 0 Å². The second-order valence-corrected chi connectivity index (χ2v) is 10.6. The number of fused-ring (bicyclic) bond motifs is 2. The second kappa shape index (κ2) is 9.17. The minimum Gasteiger partial charge on any atom is -0.496 e. The van der Waals surface area contributed by atoms with Gasteiger partial charge in [-0.15, -0.1) is 0 Å². The minimum absolute atomic E-state index is 0.0593. The van der Waals surface area contributed by atoms with E-state index >= 15 is 0 Å². The van der Waals surface area contributed by atoms with Crippen LogP contribution in [0.4, 0.5) is 10.6 Å². The Morgan fingerprint density at radius 1 is 1.19 bits per heavy atom. The summed E-state index contributed by atoms with van der Waals surface area (Å²) in [6, 6.07) is 6.02. The third-order valence-electron chi connectivity index (χ3n) is 6.68. The van der Waals surface area contributed by atoms with Crippen LogP contribution in [0.1, 0.15) is 32.8 Å². The van der Waals surface area contributed by atoms with Crippen molar-refractivity contribution in [1.82, 2.24) is 29.6 Å². The van der Waals surface area contributed by atoms with E-state index in [1.807, 2.05) is 59.1 Å². The predicted octanol–water partition coefficient (Wildman–Crippen LogP) is 4.34. The van der Waals surface area contributed by atoms with E-state index in [2.05, 4.69) is 15.0 Å². The Morgan fingerprint density at radius 3 is 2.70 bits per heavy atom. The molecule has 0 saturated carbocycles. The number of carbonyl (C=O) groups is 1. The number of pyridine rings is 1. The number of hydrogen-bond donors (Lipinski definition) is 0. The van der Waals surface area contributed by atoms with Gasteiger partial charge in [0, 0.05) is 44.3 Å². The standard InChI is InChI=1S/C27H33N7O3/c1-16-23-17(14-32(5)31-23)12-19(24(16)36-7)25-28-13-21-20(30-25)8-9-22(29-21)34-11-10-18(15-34)33(6)26(35)37-27(2,3)4/h8-9,12-14,18H,10-11,15H2,1-7H3/t18-/m1/s1. The van der Waals surface area contributed by atoms with Gasteiger partial charge >= 0.3 is 6.09 Å². The number of aromatic nitrogens is 5. The van der Waals surface area contributed by atoms with Crippen molar-refractivity contribution < 1.29 is 14.3 Å². The predicted molar refractivity (Wildman–Crippen MR) is 143 cm³/mol. The molecular formula is C27H33N7O3. The molecule has 3 aromatic heterocycles. The Balaban J connectivity index is 1.39. The van der Waals surface area contributed by atoms with Crippen LogP contribution >= 0.6 is 0 Å². The van der Waals surface area contributed by atoms with Crippen LogP contribution in [-0.4, -0.2) is 74.6 Å². The van der Waals surface area contributed by atoms with E-state index in [0.717, 1.165) is 46.3 Å². The zero-order chi connectivity index (χ0) is 26.5. The second-order valence-electron chi connectivity index (χ2n) is 10.6. The number of benzene rings is 1. The fraction of sp³-hybridized carbons (Fsp3) is 0.444. The maximum absolute atomic E-state index is 12.5. The zero-order valence-electron chi connectivity index (χ0n) is 22.4. The molecule has 1 aliphatic rings. The lowest BCUT2D eigenvalue weighted by molar-refractivity contribution is 0.0238. The number of hydrogen-bond acceptors (Lipinski definition) is 8. The monoisotopic (exact) mass is 503 g/mol. The highest BCUT2D eigenvalue weighted by Crippen LogP contribution is 2.36. The molecule has 10 heteroatoms. The summed E-state index contributed by atoms with van der Waals surface area (Å²) in [7, 11) is 5.35. The Labute approximate surface area is 216 Å². The lowest BCUT2D eigenvalue weighted by Gasteiger charge is -2.28. The first-order valence-electron chi connectivity index (χ1n) is 12.4. The highest BCUT2D eigenvalue weighted by Gasteiger charge is 2.31. The molecule has 0 radical (unpaired) electrons. The van der Waals surface area contributed by atoms with Crippen LogP contribution in [0, 0.1) is 6.92 Å². The molecule has 1 aromatic carbocycles. The van der Waals surface area contributed by atoms with Gasteiger partial charge in [-0.05, 0) is 52.3 Å². The third-order valence-corrected chi connectivity index (χ3v) is 6.68. The normalized spacial score (nSPS) is 16.0. The SMILES string of the molecule is COc1c(-c2ncc3nc(N4CC[C@@H](N(C)C(=O)OC(C)(C)C)C4)ccc3n2)cc2cn(C)nc2c1C. The topological polar surface area (TPSA) is 98.5 Å². The van der Waals surface area contributed by atoms with Gasteiger partial charge in [0.05, 0.1) is 35.9 Å². The highest BCUT2D eigenvalue weighted by molar-refractivity contribution is 5.91. The fourth-order valence-electron chi connectivity index (χ4n) is 4.83. The van der Waals surface area contributed by atoms with Gasteiger partial charge in [0.1, 0.15) is 22.7 Å². The van der Waals surface area contributed by atoms with Gasteiger partial charge in [-0.3, -0.25) is 4.68 Å². The molecule has 4 aromatic rings. The average Bonchev–Trinajstić information content (AvgIpc) is 3.48. The lowest BCUT2D eigenvalue weighted by atomic mass is 10.0. The molecule has 0 aliphatic carbocycles. The molecule has 0 N–H and O–H groups in total. The van der Waals surface area contributed by atoms with E-state index in [1.165, 1.54) is 0 Å². The van der Waals surface area contributed by atoms with E-state index in [0.29, 0.717) is 23.6 Å². The summed E-state index contributed by atoms with van der Waals surface area (Å²) in [5.41, 5.74) is 3.61. The van der Waals surface area contributed by atoms with E-state index in [1.54, 1.807) is 29.9 Å². The van der Waals surface area contributed by atoms with Gasteiger partial charge in [0.25, 0.3) is 0 Å². The molecule has 5 rings (SSSR count).